The molecule has 0 aromatic heterocycles. The molecule has 0 N–H and O–H groups in total. The Morgan fingerprint density at radius 2 is 1.91 bits per heavy atom. The number of ether oxygens (including phenoxy) is 2. The second kappa shape index (κ2) is 6.52. The molecule has 0 saturated carbocycles. The smallest absolute Gasteiger partial charge is 0.230 e. The van der Waals surface area contributed by atoms with E-state index in [4.69, 9.17) is 9.47 Å². The minimum atomic E-state index is -0.00566. The number of rotatable bonds is 4. The fourth-order valence-corrected chi connectivity index (χ4v) is 2.53. The molecule has 1 amide bonds. The molecule has 0 spiro atoms. The minimum Gasteiger partial charge on any atom is -0.493 e. The maximum Gasteiger partial charge on any atom is 0.230 e. The topological polar surface area (TPSA) is 38.8 Å². The van der Waals surface area contributed by atoms with Crippen LogP contribution in [0, 0.1) is 0 Å². The molecular weight excluding hydrogens is 278 g/mol. The van der Waals surface area contributed by atoms with Gasteiger partial charge in [0.15, 0.2) is 0 Å². The van der Waals surface area contributed by atoms with E-state index in [0.717, 1.165) is 17.2 Å². The van der Waals surface area contributed by atoms with Crippen LogP contribution >= 0.6 is 0 Å². The van der Waals surface area contributed by atoms with Gasteiger partial charge in [0.2, 0.25) is 5.91 Å². The summed E-state index contributed by atoms with van der Waals surface area (Å²) in [5.74, 6) is 1.60. The van der Waals surface area contributed by atoms with E-state index in [1.165, 1.54) is 0 Å². The van der Waals surface area contributed by atoms with Crippen LogP contribution in [-0.4, -0.2) is 25.2 Å². The summed E-state index contributed by atoms with van der Waals surface area (Å²) in [6.07, 6.45) is 0.338. The van der Waals surface area contributed by atoms with Crippen molar-refractivity contribution in [3.8, 4) is 11.5 Å². The standard InChI is InChI=1S/C18H19NO3/c1-14-13-19(16-9-5-6-10-17(16)22-14)18(20)11-12-21-15-7-3-2-4-8-15/h2-10,14H,11-13H2,1H3. The van der Waals surface area contributed by atoms with Crippen molar-refractivity contribution in [1.29, 1.82) is 0 Å². The first-order valence-electron chi connectivity index (χ1n) is 7.48. The summed E-state index contributed by atoms with van der Waals surface area (Å²) in [5, 5.41) is 0. The number of amides is 1. The molecule has 0 radical (unpaired) electrons. The Bertz CT molecular complexity index is 642. The molecule has 1 aliphatic rings. The minimum absolute atomic E-state index is 0.00566. The summed E-state index contributed by atoms with van der Waals surface area (Å²) < 4.78 is 11.4. The molecule has 1 atom stereocenters. The van der Waals surface area contributed by atoms with E-state index in [0.29, 0.717) is 19.6 Å². The number of para-hydroxylation sites is 3. The van der Waals surface area contributed by atoms with Gasteiger partial charge in [0.05, 0.1) is 25.3 Å². The van der Waals surface area contributed by atoms with Crippen molar-refractivity contribution in [3.63, 3.8) is 0 Å². The summed E-state index contributed by atoms with van der Waals surface area (Å²) >= 11 is 0. The second-order valence-corrected chi connectivity index (χ2v) is 5.31. The monoisotopic (exact) mass is 297 g/mol. The van der Waals surface area contributed by atoms with Crippen LogP contribution in [0.25, 0.3) is 0 Å². The molecule has 4 nitrogen and oxygen atoms in total. The normalized spacial score (nSPS) is 16.6. The van der Waals surface area contributed by atoms with Crippen molar-refractivity contribution in [2.45, 2.75) is 19.4 Å². The molecule has 1 heterocycles. The van der Waals surface area contributed by atoms with Gasteiger partial charge in [-0.1, -0.05) is 30.3 Å². The van der Waals surface area contributed by atoms with E-state index in [1.807, 2.05) is 61.5 Å². The Kier molecular flexibility index (Phi) is 4.28. The molecule has 0 saturated heterocycles. The number of benzene rings is 2. The third-order valence-electron chi connectivity index (χ3n) is 3.55. The van der Waals surface area contributed by atoms with Crippen molar-refractivity contribution in [2.24, 2.45) is 0 Å². The number of carbonyl (C=O) groups excluding carboxylic acids is 1. The van der Waals surface area contributed by atoms with Gasteiger partial charge in [-0.15, -0.1) is 0 Å². The third-order valence-corrected chi connectivity index (χ3v) is 3.55. The van der Waals surface area contributed by atoms with Crippen LogP contribution < -0.4 is 14.4 Å². The molecule has 0 fully saturated rings. The van der Waals surface area contributed by atoms with Crippen LogP contribution in [0.5, 0.6) is 11.5 Å². The molecule has 1 unspecified atom stereocenters. The highest BCUT2D eigenvalue weighted by Crippen LogP contribution is 2.33. The predicted molar refractivity (Wildman–Crippen MR) is 85.4 cm³/mol. The summed E-state index contributed by atoms with van der Waals surface area (Å²) in [5.41, 5.74) is 0.838. The SMILES string of the molecule is CC1CN(C(=O)CCOc2ccccc2)c2ccccc2O1. The molecule has 3 rings (SSSR count). The van der Waals surface area contributed by atoms with Crippen LogP contribution in [0.2, 0.25) is 0 Å². The van der Waals surface area contributed by atoms with Crippen LogP contribution in [0.1, 0.15) is 13.3 Å². The maximum absolute atomic E-state index is 12.5. The second-order valence-electron chi connectivity index (χ2n) is 5.31. The summed E-state index contributed by atoms with van der Waals surface area (Å²) in [7, 11) is 0. The Balaban J connectivity index is 1.63. The van der Waals surface area contributed by atoms with E-state index in [1.54, 1.807) is 4.90 Å². The van der Waals surface area contributed by atoms with Crippen molar-refractivity contribution < 1.29 is 14.3 Å². The molecular formula is C18H19NO3. The average Bonchev–Trinajstić information content (AvgIpc) is 2.55. The zero-order valence-corrected chi connectivity index (χ0v) is 12.6. The van der Waals surface area contributed by atoms with Gasteiger partial charge < -0.3 is 14.4 Å². The Hall–Kier alpha value is -2.49. The lowest BCUT2D eigenvalue weighted by Crippen LogP contribution is -2.42. The summed E-state index contributed by atoms with van der Waals surface area (Å²) in [6, 6.07) is 17.2. The van der Waals surface area contributed by atoms with Gasteiger partial charge in [-0.05, 0) is 31.2 Å². The van der Waals surface area contributed by atoms with Gasteiger partial charge in [-0.2, -0.15) is 0 Å². The number of hydrogen-bond donors (Lipinski definition) is 0. The fourth-order valence-electron chi connectivity index (χ4n) is 2.53. The van der Waals surface area contributed by atoms with Gasteiger partial charge in [-0.25, -0.2) is 0 Å². The first kappa shape index (κ1) is 14.4. The Morgan fingerprint density at radius 1 is 1.18 bits per heavy atom. The van der Waals surface area contributed by atoms with Gasteiger partial charge in [-0.3, -0.25) is 4.79 Å². The van der Waals surface area contributed by atoms with E-state index in [-0.39, 0.29) is 12.0 Å². The fraction of sp³-hybridized carbons (Fsp3) is 0.278. The summed E-state index contributed by atoms with van der Waals surface area (Å²) in [4.78, 5) is 14.3. The van der Waals surface area contributed by atoms with E-state index in [2.05, 4.69) is 0 Å². The predicted octanol–water partition coefficient (Wildman–Crippen LogP) is 3.27. The van der Waals surface area contributed by atoms with Crippen LogP contribution in [0.15, 0.2) is 54.6 Å². The number of hydrogen-bond acceptors (Lipinski definition) is 3. The first-order chi connectivity index (χ1) is 10.7. The quantitative estimate of drug-likeness (QED) is 0.869. The molecule has 1 aliphatic heterocycles. The molecule has 22 heavy (non-hydrogen) atoms. The number of fused-ring (bicyclic) bond motifs is 1. The van der Waals surface area contributed by atoms with Crippen LogP contribution in [0.4, 0.5) is 5.69 Å². The molecule has 0 aliphatic carbocycles. The molecule has 2 aromatic rings. The van der Waals surface area contributed by atoms with E-state index < -0.39 is 0 Å². The zero-order chi connectivity index (χ0) is 15.4. The molecule has 0 bridgehead atoms. The number of anilines is 1. The van der Waals surface area contributed by atoms with E-state index >= 15 is 0 Å². The van der Waals surface area contributed by atoms with Gasteiger partial charge >= 0.3 is 0 Å². The lowest BCUT2D eigenvalue weighted by Gasteiger charge is -2.33. The molecule has 114 valence electrons. The van der Waals surface area contributed by atoms with Crippen LogP contribution in [0.3, 0.4) is 0 Å². The molecule has 2 aromatic carbocycles. The lowest BCUT2D eigenvalue weighted by molar-refractivity contribution is -0.119. The first-order valence-corrected chi connectivity index (χ1v) is 7.48. The highest BCUT2D eigenvalue weighted by Gasteiger charge is 2.26. The lowest BCUT2D eigenvalue weighted by atomic mass is 10.2. The van der Waals surface area contributed by atoms with E-state index in [9.17, 15) is 4.79 Å². The van der Waals surface area contributed by atoms with Crippen LogP contribution in [-0.2, 0) is 4.79 Å². The van der Waals surface area contributed by atoms with Gasteiger partial charge in [0.25, 0.3) is 0 Å². The highest BCUT2D eigenvalue weighted by atomic mass is 16.5. The number of carbonyl (C=O) groups is 1. The third kappa shape index (κ3) is 3.22. The zero-order valence-electron chi connectivity index (χ0n) is 12.6. The number of nitrogens with zero attached hydrogens (tertiary/aromatic N) is 1. The maximum atomic E-state index is 12.5. The average molecular weight is 297 g/mol. The van der Waals surface area contributed by atoms with Crippen molar-refractivity contribution >= 4 is 11.6 Å². The summed E-state index contributed by atoms with van der Waals surface area (Å²) in [6.45, 7) is 2.91. The van der Waals surface area contributed by atoms with Crippen molar-refractivity contribution in [1.82, 2.24) is 0 Å². The Labute approximate surface area is 130 Å². The Morgan fingerprint density at radius 3 is 2.73 bits per heavy atom. The molecule has 4 heteroatoms. The van der Waals surface area contributed by atoms with Crippen molar-refractivity contribution in [2.75, 3.05) is 18.1 Å². The highest BCUT2D eigenvalue weighted by molar-refractivity contribution is 5.95. The van der Waals surface area contributed by atoms with Crippen molar-refractivity contribution in [3.05, 3.63) is 54.6 Å². The largest absolute Gasteiger partial charge is 0.493 e. The van der Waals surface area contributed by atoms with Gasteiger partial charge in [0.1, 0.15) is 17.6 Å². The van der Waals surface area contributed by atoms with Gasteiger partial charge in [0, 0.05) is 0 Å².